The van der Waals surface area contributed by atoms with Gasteiger partial charge in [0.2, 0.25) is 5.91 Å². The molecule has 0 saturated heterocycles. The zero-order chi connectivity index (χ0) is 13.0. The lowest BCUT2D eigenvalue weighted by molar-refractivity contribution is -0.128. The fraction of sp³-hybridized carbons (Fsp3) is 0.214. The largest absolute Gasteiger partial charge is 0.382 e. The molecule has 0 saturated carbocycles. The number of hydrogen-bond donors (Lipinski definition) is 3. The molecule has 1 amide bonds. The van der Waals surface area contributed by atoms with E-state index in [1.54, 1.807) is 0 Å². The number of carbonyl (C=O) groups is 1. The molecule has 1 unspecified atom stereocenters. The highest BCUT2D eigenvalue weighted by Gasteiger charge is 2.11. The van der Waals surface area contributed by atoms with Crippen LogP contribution < -0.4 is 11.1 Å². The maximum absolute atomic E-state index is 11.4. The molecule has 2 rings (SSSR count). The fourth-order valence-corrected chi connectivity index (χ4v) is 1.76. The van der Waals surface area contributed by atoms with Crippen LogP contribution in [-0.4, -0.2) is 23.7 Å². The lowest BCUT2D eigenvalue weighted by Gasteiger charge is -2.09. The molecule has 0 fully saturated rings. The molecule has 0 aliphatic heterocycles. The van der Waals surface area contributed by atoms with Crippen LogP contribution in [0.3, 0.4) is 0 Å². The van der Waals surface area contributed by atoms with Gasteiger partial charge in [-0.2, -0.15) is 0 Å². The minimum absolute atomic E-state index is 0.0659. The maximum Gasteiger partial charge on any atom is 0.250 e. The van der Waals surface area contributed by atoms with E-state index in [1.165, 1.54) is 0 Å². The van der Waals surface area contributed by atoms with Crippen LogP contribution in [-0.2, 0) is 11.3 Å². The Morgan fingerprint density at radius 1 is 1.22 bits per heavy atom. The summed E-state index contributed by atoms with van der Waals surface area (Å²) in [6.45, 7) is 0.324. The van der Waals surface area contributed by atoms with Gasteiger partial charge in [-0.15, -0.1) is 0 Å². The summed E-state index contributed by atoms with van der Waals surface area (Å²) in [5.41, 5.74) is 6.20. The SMILES string of the molecule is NCC(O)C(=O)NCc1ccc2ccccc2c1. The number of aliphatic hydroxyl groups is 1. The van der Waals surface area contributed by atoms with Crippen molar-refractivity contribution in [1.29, 1.82) is 0 Å². The van der Waals surface area contributed by atoms with Crippen LogP contribution in [0.2, 0.25) is 0 Å². The third kappa shape index (κ3) is 2.85. The summed E-state index contributed by atoms with van der Waals surface area (Å²) in [4.78, 5) is 11.4. The molecule has 4 nitrogen and oxygen atoms in total. The summed E-state index contributed by atoms with van der Waals surface area (Å²) in [6.07, 6.45) is -1.13. The average Bonchev–Trinajstić information content (AvgIpc) is 2.43. The first-order valence-electron chi connectivity index (χ1n) is 5.84. The van der Waals surface area contributed by atoms with Gasteiger partial charge in [-0.3, -0.25) is 4.79 Å². The molecule has 4 N–H and O–H groups in total. The molecule has 2 aromatic carbocycles. The van der Waals surface area contributed by atoms with Crippen LogP contribution in [0, 0.1) is 0 Å². The van der Waals surface area contributed by atoms with E-state index < -0.39 is 12.0 Å². The van der Waals surface area contributed by atoms with Gasteiger partial charge in [0.15, 0.2) is 0 Å². The van der Waals surface area contributed by atoms with E-state index in [2.05, 4.69) is 5.32 Å². The topological polar surface area (TPSA) is 75.3 Å². The first-order valence-corrected chi connectivity index (χ1v) is 5.84. The Morgan fingerprint density at radius 2 is 1.94 bits per heavy atom. The predicted octanol–water partition coefficient (Wildman–Crippen LogP) is 0.776. The van der Waals surface area contributed by atoms with Crippen molar-refractivity contribution in [3.8, 4) is 0 Å². The summed E-state index contributed by atoms with van der Waals surface area (Å²) in [6, 6.07) is 14.0. The quantitative estimate of drug-likeness (QED) is 0.743. The molecular formula is C14H16N2O2. The van der Waals surface area contributed by atoms with Crippen molar-refractivity contribution in [1.82, 2.24) is 5.32 Å². The summed E-state index contributed by atoms with van der Waals surface area (Å²) in [7, 11) is 0. The van der Waals surface area contributed by atoms with E-state index in [0.29, 0.717) is 6.54 Å². The normalized spacial score (nSPS) is 12.3. The van der Waals surface area contributed by atoms with Crippen molar-refractivity contribution in [2.75, 3.05) is 6.54 Å². The Balaban J connectivity index is 2.06. The molecular weight excluding hydrogens is 228 g/mol. The summed E-state index contributed by atoms with van der Waals surface area (Å²) >= 11 is 0. The number of nitrogens with one attached hydrogen (secondary N) is 1. The van der Waals surface area contributed by atoms with Crippen molar-refractivity contribution in [3.05, 3.63) is 48.0 Å². The number of carbonyl (C=O) groups excluding carboxylic acids is 1. The summed E-state index contributed by atoms with van der Waals surface area (Å²) in [5, 5.41) is 14.2. The predicted molar refractivity (Wildman–Crippen MR) is 70.9 cm³/mol. The Hall–Kier alpha value is -1.91. The second-order valence-electron chi connectivity index (χ2n) is 4.15. The second-order valence-corrected chi connectivity index (χ2v) is 4.15. The van der Waals surface area contributed by atoms with Crippen LogP contribution in [0.4, 0.5) is 0 Å². The summed E-state index contributed by atoms with van der Waals surface area (Å²) in [5.74, 6) is -0.439. The van der Waals surface area contributed by atoms with E-state index in [4.69, 9.17) is 5.73 Å². The second kappa shape index (κ2) is 5.62. The highest BCUT2D eigenvalue weighted by Crippen LogP contribution is 2.15. The Kier molecular flexibility index (Phi) is 3.92. The zero-order valence-electron chi connectivity index (χ0n) is 9.97. The molecule has 4 heteroatoms. The molecule has 94 valence electrons. The molecule has 1 atom stereocenters. The van der Waals surface area contributed by atoms with Gasteiger partial charge < -0.3 is 16.2 Å². The minimum atomic E-state index is -1.13. The minimum Gasteiger partial charge on any atom is -0.382 e. The molecule has 0 bridgehead atoms. The third-order valence-electron chi connectivity index (χ3n) is 2.81. The Bertz CT molecular complexity index is 554. The first-order chi connectivity index (χ1) is 8.70. The van der Waals surface area contributed by atoms with E-state index in [1.807, 2.05) is 42.5 Å². The lowest BCUT2D eigenvalue weighted by atomic mass is 10.1. The third-order valence-corrected chi connectivity index (χ3v) is 2.81. The van der Waals surface area contributed by atoms with E-state index in [9.17, 15) is 9.90 Å². The number of aliphatic hydroxyl groups excluding tert-OH is 1. The average molecular weight is 244 g/mol. The van der Waals surface area contributed by atoms with E-state index in [-0.39, 0.29) is 6.54 Å². The fourth-order valence-electron chi connectivity index (χ4n) is 1.76. The van der Waals surface area contributed by atoms with Gasteiger partial charge in [-0.25, -0.2) is 0 Å². The maximum atomic E-state index is 11.4. The molecule has 0 aliphatic carbocycles. The van der Waals surface area contributed by atoms with Crippen molar-refractivity contribution in [2.24, 2.45) is 5.73 Å². The first kappa shape index (κ1) is 12.5. The number of benzene rings is 2. The molecule has 0 spiro atoms. The van der Waals surface area contributed by atoms with Crippen molar-refractivity contribution >= 4 is 16.7 Å². The Labute approximate surface area is 105 Å². The van der Waals surface area contributed by atoms with Crippen LogP contribution in [0.25, 0.3) is 10.8 Å². The molecule has 0 aliphatic rings. The van der Waals surface area contributed by atoms with Gasteiger partial charge in [-0.05, 0) is 22.4 Å². The van der Waals surface area contributed by atoms with Crippen molar-refractivity contribution in [3.63, 3.8) is 0 Å². The van der Waals surface area contributed by atoms with Crippen LogP contribution in [0.15, 0.2) is 42.5 Å². The van der Waals surface area contributed by atoms with E-state index in [0.717, 1.165) is 16.3 Å². The number of nitrogens with two attached hydrogens (primary N) is 1. The molecule has 2 aromatic rings. The van der Waals surface area contributed by atoms with E-state index >= 15 is 0 Å². The van der Waals surface area contributed by atoms with Gasteiger partial charge >= 0.3 is 0 Å². The lowest BCUT2D eigenvalue weighted by Crippen LogP contribution is -2.38. The number of hydrogen-bond acceptors (Lipinski definition) is 3. The standard InChI is InChI=1S/C14H16N2O2/c15-8-13(17)14(18)16-9-10-5-6-11-3-1-2-4-12(11)7-10/h1-7,13,17H,8-9,15H2,(H,16,18). The number of rotatable bonds is 4. The monoisotopic (exact) mass is 244 g/mol. The van der Waals surface area contributed by atoms with Crippen molar-refractivity contribution in [2.45, 2.75) is 12.6 Å². The zero-order valence-corrected chi connectivity index (χ0v) is 9.97. The van der Waals surface area contributed by atoms with Gasteiger partial charge in [0.1, 0.15) is 6.10 Å². The molecule has 0 radical (unpaired) electrons. The highest BCUT2D eigenvalue weighted by atomic mass is 16.3. The van der Waals surface area contributed by atoms with Gasteiger partial charge in [0.05, 0.1) is 0 Å². The number of amides is 1. The molecule has 0 aromatic heterocycles. The summed E-state index contributed by atoms with van der Waals surface area (Å²) < 4.78 is 0. The van der Waals surface area contributed by atoms with Crippen molar-refractivity contribution < 1.29 is 9.90 Å². The van der Waals surface area contributed by atoms with Gasteiger partial charge in [-0.1, -0.05) is 36.4 Å². The number of fused-ring (bicyclic) bond motifs is 1. The van der Waals surface area contributed by atoms with Gasteiger partial charge in [0.25, 0.3) is 0 Å². The molecule has 18 heavy (non-hydrogen) atoms. The highest BCUT2D eigenvalue weighted by molar-refractivity contribution is 5.83. The molecule has 0 heterocycles. The Morgan fingerprint density at radius 3 is 2.67 bits per heavy atom. The van der Waals surface area contributed by atoms with Gasteiger partial charge in [0, 0.05) is 13.1 Å². The van der Waals surface area contributed by atoms with Crippen LogP contribution in [0.1, 0.15) is 5.56 Å². The van der Waals surface area contributed by atoms with Crippen LogP contribution >= 0.6 is 0 Å². The smallest absolute Gasteiger partial charge is 0.250 e. The van der Waals surface area contributed by atoms with Crippen LogP contribution in [0.5, 0.6) is 0 Å².